The molecule has 0 bridgehead atoms. The number of rotatable bonds is 27. The van der Waals surface area contributed by atoms with Crippen molar-refractivity contribution in [2.45, 2.75) is 74.0 Å². The van der Waals surface area contributed by atoms with Gasteiger partial charge >= 0.3 is 5.97 Å². The molecule has 0 unspecified atom stereocenters. The summed E-state index contributed by atoms with van der Waals surface area (Å²) >= 11 is 0. The normalized spacial score (nSPS) is 13.0. The standard InChI is InChI=1S/C40H52N12O12S/c41-15-2-1-7-29(36(58)26-5-3-8-32(65(62,63)64)27(26)20-48-52-33-14-11-24(22-53)19-46-33)50-38(60)30(17-23-9-12-25(54)13-10-23)51-39(61)31(18-35(56)57)49-34(55)21-47-37(59)28(42)6-4-16-45-40(43)44/h3,5,8-14,19-20,22,28-31,54H,1-2,4,6-7,15-18,21,41-42H2,(H,46,52)(H,47,59)(H,49,55)(H,50,60)(H,51,61)(H,56,57)(H4,43,44,45)(H,62,63,64)/t28-,29-,30+,31-/m0/s1. The van der Waals surface area contributed by atoms with Gasteiger partial charge in [-0.2, -0.15) is 13.5 Å². The van der Waals surface area contributed by atoms with Crippen LogP contribution >= 0.6 is 0 Å². The number of phenolic OH excluding ortho intramolecular Hbond substituents is 1. The van der Waals surface area contributed by atoms with E-state index in [2.05, 4.69) is 42.1 Å². The number of guanidine groups is 1. The number of ketones is 1. The molecule has 4 atom stereocenters. The first-order valence-corrected chi connectivity index (χ1v) is 21.3. The zero-order valence-corrected chi connectivity index (χ0v) is 35.7. The number of anilines is 1. The van der Waals surface area contributed by atoms with Crippen LogP contribution in [0.25, 0.3) is 0 Å². The number of hydrogen-bond donors (Lipinski definition) is 13. The average Bonchev–Trinajstić information content (AvgIpc) is 3.26. The average molecular weight is 925 g/mol. The van der Waals surface area contributed by atoms with Crippen molar-refractivity contribution in [1.82, 2.24) is 31.6 Å². The predicted molar refractivity (Wildman–Crippen MR) is 234 cm³/mol. The van der Waals surface area contributed by atoms with E-state index < -0.39 is 87.5 Å². The molecule has 4 amide bonds. The fourth-order valence-electron chi connectivity index (χ4n) is 6.00. The van der Waals surface area contributed by atoms with E-state index >= 15 is 0 Å². The van der Waals surface area contributed by atoms with E-state index in [0.29, 0.717) is 24.7 Å². The molecule has 3 aromatic rings. The van der Waals surface area contributed by atoms with Crippen LogP contribution in [0.15, 0.2) is 70.8 Å². The molecule has 1 aromatic heterocycles. The van der Waals surface area contributed by atoms with Gasteiger partial charge in [0.1, 0.15) is 28.5 Å². The Morgan fingerprint density at radius 1 is 0.862 bits per heavy atom. The lowest BCUT2D eigenvalue weighted by atomic mass is 9.95. The molecule has 1 heterocycles. The van der Waals surface area contributed by atoms with Crippen LogP contribution in [-0.2, 0) is 40.5 Å². The zero-order chi connectivity index (χ0) is 48.1. The number of phenols is 1. The third-order valence-corrected chi connectivity index (χ3v) is 10.2. The Kier molecular flexibility index (Phi) is 20.5. The summed E-state index contributed by atoms with van der Waals surface area (Å²) in [4.78, 5) is 93.8. The molecule has 24 nitrogen and oxygen atoms in total. The first kappa shape index (κ1) is 52.0. The number of carboxylic acids is 1. The molecule has 0 aliphatic heterocycles. The lowest BCUT2D eigenvalue weighted by Crippen LogP contribution is -2.57. The molecule has 65 heavy (non-hydrogen) atoms. The number of benzene rings is 2. The van der Waals surface area contributed by atoms with E-state index in [4.69, 9.17) is 22.6 Å². The van der Waals surface area contributed by atoms with Crippen molar-refractivity contribution < 1.29 is 56.7 Å². The summed E-state index contributed by atoms with van der Waals surface area (Å²) in [6, 6.07) is 5.87. The highest BCUT2D eigenvalue weighted by atomic mass is 32.2. The van der Waals surface area contributed by atoms with Gasteiger partial charge in [-0.25, -0.2) is 4.98 Å². The maximum absolute atomic E-state index is 14.4. The van der Waals surface area contributed by atoms with E-state index in [-0.39, 0.29) is 73.0 Å². The number of aldehydes is 1. The van der Waals surface area contributed by atoms with Crippen molar-refractivity contribution >= 4 is 69.8 Å². The van der Waals surface area contributed by atoms with Crippen molar-refractivity contribution in [2.75, 3.05) is 25.1 Å². The van der Waals surface area contributed by atoms with Crippen molar-refractivity contribution in [2.24, 2.45) is 22.3 Å². The number of hydrogen-bond acceptors (Lipinski definition) is 16. The fraction of sp³-hybridized carbons (Fsp3) is 0.350. The van der Waals surface area contributed by atoms with Crippen LogP contribution < -0.4 is 49.2 Å². The van der Waals surface area contributed by atoms with Gasteiger partial charge < -0.3 is 54.0 Å². The van der Waals surface area contributed by atoms with Crippen LogP contribution in [0, 0.1) is 5.41 Å². The number of aliphatic carboxylic acids is 1. The topological polar surface area (TPSA) is 414 Å². The Morgan fingerprint density at radius 3 is 2.17 bits per heavy atom. The quantitative estimate of drug-likeness (QED) is 0.00785. The van der Waals surface area contributed by atoms with Crippen molar-refractivity contribution in [3.05, 3.63) is 83.0 Å². The number of aromatic hydroxyl groups is 1. The number of aromatic nitrogens is 1. The van der Waals surface area contributed by atoms with Gasteiger partial charge in [0, 0.05) is 35.9 Å². The second-order valence-electron chi connectivity index (χ2n) is 14.3. The molecule has 0 saturated heterocycles. The third kappa shape index (κ3) is 17.7. The summed E-state index contributed by atoms with van der Waals surface area (Å²) in [6.45, 7) is -0.247. The van der Waals surface area contributed by atoms with E-state index in [1.54, 1.807) is 0 Å². The summed E-state index contributed by atoms with van der Waals surface area (Å²) < 4.78 is 35.1. The highest BCUT2D eigenvalue weighted by molar-refractivity contribution is 7.86. The summed E-state index contributed by atoms with van der Waals surface area (Å²) in [5, 5.41) is 42.7. The highest BCUT2D eigenvalue weighted by Crippen LogP contribution is 2.22. The molecule has 0 radical (unpaired) electrons. The SMILES string of the molecule is N=C(N)NCCC[C@H](N)C(=O)NCC(=O)N[C@@H](CC(=O)O)C(=O)N[C@H](Cc1ccc(O)cc1)C(=O)N[C@@H](CCCCN)C(=O)c1cccc(S(=O)(=O)O)c1C=NNc1ccc(C=O)cn1. The van der Waals surface area contributed by atoms with E-state index in [1.807, 2.05) is 0 Å². The molecule has 0 aliphatic rings. The number of amides is 4. The minimum Gasteiger partial charge on any atom is -0.508 e. The van der Waals surface area contributed by atoms with E-state index in [1.165, 1.54) is 54.7 Å². The molecule has 3 rings (SSSR count). The number of carboxylic acid groups (broad SMARTS) is 1. The Bertz CT molecular complexity index is 2310. The fourth-order valence-corrected chi connectivity index (χ4v) is 6.69. The van der Waals surface area contributed by atoms with Gasteiger partial charge in [-0.3, -0.25) is 48.9 Å². The lowest BCUT2D eigenvalue weighted by Gasteiger charge is -2.25. The van der Waals surface area contributed by atoms with Crippen LogP contribution in [0.1, 0.15) is 70.4 Å². The van der Waals surface area contributed by atoms with Gasteiger partial charge in [-0.1, -0.05) is 24.3 Å². The number of nitrogens with zero attached hydrogens (tertiary/aromatic N) is 2. The minimum absolute atomic E-state index is 0.0675. The van der Waals surface area contributed by atoms with Gasteiger partial charge in [-0.05, 0) is 74.5 Å². The highest BCUT2D eigenvalue weighted by Gasteiger charge is 2.33. The van der Waals surface area contributed by atoms with Crippen LogP contribution in [0.3, 0.4) is 0 Å². The predicted octanol–water partition coefficient (Wildman–Crippen LogP) is -1.52. The molecule has 350 valence electrons. The van der Waals surface area contributed by atoms with Crippen LogP contribution in [0.2, 0.25) is 0 Å². The second-order valence-corrected chi connectivity index (χ2v) is 15.7. The Morgan fingerprint density at radius 2 is 1.55 bits per heavy atom. The van der Waals surface area contributed by atoms with Gasteiger partial charge in [0.05, 0.1) is 31.3 Å². The summed E-state index contributed by atoms with van der Waals surface area (Å²) in [5.74, 6) is -6.47. The molecule has 0 spiro atoms. The third-order valence-electron chi connectivity index (χ3n) is 9.29. The Balaban J connectivity index is 1.92. The van der Waals surface area contributed by atoms with E-state index in [9.17, 15) is 56.7 Å². The van der Waals surface area contributed by atoms with Crippen LogP contribution in [0.5, 0.6) is 5.75 Å². The maximum atomic E-state index is 14.4. The second kappa shape index (κ2) is 25.7. The minimum atomic E-state index is -4.98. The number of unbranched alkanes of at least 4 members (excludes halogenated alkanes) is 1. The first-order valence-electron chi connectivity index (χ1n) is 19.9. The number of carbonyl (C=O) groups excluding carboxylic acids is 6. The molecule has 25 heteroatoms. The zero-order valence-electron chi connectivity index (χ0n) is 34.9. The van der Waals surface area contributed by atoms with Crippen molar-refractivity contribution in [3.8, 4) is 5.75 Å². The largest absolute Gasteiger partial charge is 0.508 e. The summed E-state index contributed by atoms with van der Waals surface area (Å²) in [5.41, 5.74) is 19.3. The van der Waals surface area contributed by atoms with E-state index in [0.717, 1.165) is 12.3 Å². The van der Waals surface area contributed by atoms with Crippen LogP contribution in [-0.4, -0.2) is 126 Å². The number of nitrogens with one attached hydrogen (secondary N) is 7. The molecule has 2 aromatic carbocycles. The number of nitrogens with two attached hydrogens (primary N) is 3. The molecule has 16 N–H and O–H groups in total. The Labute approximate surface area is 372 Å². The van der Waals surface area contributed by atoms with Gasteiger partial charge in [0.2, 0.25) is 23.6 Å². The maximum Gasteiger partial charge on any atom is 0.305 e. The van der Waals surface area contributed by atoms with Crippen LogP contribution in [0.4, 0.5) is 5.82 Å². The lowest BCUT2D eigenvalue weighted by molar-refractivity contribution is -0.141. The molecule has 0 saturated carbocycles. The smallest absolute Gasteiger partial charge is 0.305 e. The molecule has 0 aliphatic carbocycles. The summed E-state index contributed by atoms with van der Waals surface area (Å²) in [7, 11) is -4.98. The van der Waals surface area contributed by atoms with Crippen molar-refractivity contribution in [1.29, 1.82) is 5.41 Å². The van der Waals surface area contributed by atoms with Gasteiger partial charge in [0.15, 0.2) is 18.0 Å². The monoisotopic (exact) mass is 924 g/mol. The van der Waals surface area contributed by atoms with Crippen molar-refractivity contribution in [3.63, 3.8) is 0 Å². The number of Topliss-reactive ketones (excluding diaryl/α,β-unsaturated/α-hetero) is 1. The number of hydrazone groups is 1. The molecular weight excluding hydrogens is 873 g/mol. The van der Waals surface area contributed by atoms with Gasteiger partial charge in [-0.15, -0.1) is 0 Å². The number of pyridine rings is 1. The summed E-state index contributed by atoms with van der Waals surface area (Å²) in [6.07, 6.45) is 2.57. The Hall–Kier alpha value is -7.35. The first-order chi connectivity index (χ1) is 30.8. The number of carbonyl (C=O) groups is 7. The molecular formula is C40H52N12O12S. The molecule has 0 fully saturated rings. The van der Waals surface area contributed by atoms with Gasteiger partial charge in [0.25, 0.3) is 10.1 Å².